The third-order valence-electron chi connectivity index (χ3n) is 4.30. The predicted molar refractivity (Wildman–Crippen MR) is 95.2 cm³/mol. The molecule has 0 atom stereocenters. The fourth-order valence-electron chi connectivity index (χ4n) is 3.07. The highest BCUT2D eigenvalue weighted by atomic mass is 15.2. The molecule has 4 rings (SSSR count). The normalized spacial score (nSPS) is 17.8. The second-order valence-corrected chi connectivity index (χ2v) is 5.86. The van der Waals surface area contributed by atoms with Crippen molar-refractivity contribution >= 4 is 22.9 Å². The predicted octanol–water partition coefficient (Wildman–Crippen LogP) is 3.15. The molecular formula is C19H20N4. The molecule has 2 aliphatic rings. The monoisotopic (exact) mass is 304 g/mol. The molecule has 1 N–H and O–H groups in total. The number of rotatable bonds is 1. The Morgan fingerprint density at radius 2 is 1.43 bits per heavy atom. The quantitative estimate of drug-likeness (QED) is 0.879. The fraction of sp³-hybridized carbons (Fsp3) is 0.263. The molecule has 0 unspecified atom stereocenters. The number of aliphatic imine (C=N–C) groups is 2. The van der Waals surface area contributed by atoms with E-state index in [-0.39, 0.29) is 0 Å². The molecule has 0 amide bonds. The van der Waals surface area contributed by atoms with Crippen LogP contribution < -0.4 is 5.32 Å². The van der Waals surface area contributed by atoms with Crippen molar-refractivity contribution in [1.29, 1.82) is 0 Å². The van der Waals surface area contributed by atoms with Gasteiger partial charge in [-0.2, -0.15) is 0 Å². The summed E-state index contributed by atoms with van der Waals surface area (Å²) in [6, 6.07) is 18.6. The van der Waals surface area contributed by atoms with Crippen molar-refractivity contribution in [2.24, 2.45) is 9.98 Å². The first-order chi connectivity index (χ1) is 11.4. The van der Waals surface area contributed by atoms with Crippen molar-refractivity contribution in [3.05, 3.63) is 60.2 Å². The van der Waals surface area contributed by atoms with Crippen LogP contribution in [0.1, 0.15) is 12.0 Å². The Morgan fingerprint density at radius 3 is 2.17 bits per heavy atom. The highest BCUT2D eigenvalue weighted by Crippen LogP contribution is 2.32. The number of hydrogen-bond donors (Lipinski definition) is 1. The van der Waals surface area contributed by atoms with Crippen molar-refractivity contribution in [3.63, 3.8) is 0 Å². The molecule has 0 saturated carbocycles. The maximum absolute atomic E-state index is 4.94. The Hall–Kier alpha value is -2.46. The van der Waals surface area contributed by atoms with Gasteiger partial charge in [-0.25, -0.2) is 4.99 Å². The number of amidine groups is 1. The average Bonchev–Trinajstić information content (AvgIpc) is 2.83. The van der Waals surface area contributed by atoms with Gasteiger partial charge in [0.1, 0.15) is 5.84 Å². The summed E-state index contributed by atoms with van der Waals surface area (Å²) in [5.74, 6) is 1.12. The lowest BCUT2D eigenvalue weighted by atomic mass is 10.1. The van der Waals surface area contributed by atoms with Crippen molar-refractivity contribution in [2.75, 3.05) is 26.2 Å². The molecule has 1 saturated heterocycles. The van der Waals surface area contributed by atoms with E-state index in [1.54, 1.807) is 0 Å². The Balaban J connectivity index is 1.77. The topological polar surface area (TPSA) is 40.0 Å². The summed E-state index contributed by atoms with van der Waals surface area (Å²) in [5.41, 5.74) is 4.18. The largest absolute Gasteiger partial charge is 0.357 e. The van der Waals surface area contributed by atoms with E-state index in [4.69, 9.17) is 9.98 Å². The van der Waals surface area contributed by atoms with E-state index in [9.17, 15) is 0 Å². The van der Waals surface area contributed by atoms with Gasteiger partial charge in [0.25, 0.3) is 0 Å². The van der Waals surface area contributed by atoms with Gasteiger partial charge in [-0.3, -0.25) is 4.99 Å². The van der Waals surface area contributed by atoms with Crippen LogP contribution in [0.2, 0.25) is 0 Å². The van der Waals surface area contributed by atoms with Gasteiger partial charge >= 0.3 is 0 Å². The third kappa shape index (κ3) is 3.03. The first-order valence-electron chi connectivity index (χ1n) is 8.15. The van der Waals surface area contributed by atoms with Crippen LogP contribution in [0.5, 0.6) is 0 Å². The zero-order chi connectivity index (χ0) is 15.5. The van der Waals surface area contributed by atoms with Crippen molar-refractivity contribution in [1.82, 2.24) is 10.2 Å². The first kappa shape index (κ1) is 14.2. The van der Waals surface area contributed by atoms with Crippen LogP contribution in [0.15, 0.2) is 64.6 Å². The average molecular weight is 304 g/mol. The lowest BCUT2D eigenvalue weighted by Gasteiger charge is -2.30. The van der Waals surface area contributed by atoms with Crippen molar-refractivity contribution in [3.8, 4) is 0 Å². The van der Waals surface area contributed by atoms with E-state index < -0.39 is 0 Å². The minimum atomic E-state index is 0.776. The van der Waals surface area contributed by atoms with Gasteiger partial charge in [0.2, 0.25) is 0 Å². The number of benzene rings is 2. The van der Waals surface area contributed by atoms with Crippen LogP contribution in [-0.2, 0) is 0 Å². The molecule has 23 heavy (non-hydrogen) atoms. The molecule has 1 fully saturated rings. The second-order valence-electron chi connectivity index (χ2n) is 5.86. The minimum Gasteiger partial charge on any atom is -0.357 e. The molecule has 4 nitrogen and oxygen atoms in total. The van der Waals surface area contributed by atoms with E-state index >= 15 is 0 Å². The van der Waals surface area contributed by atoms with Crippen LogP contribution in [-0.4, -0.2) is 42.6 Å². The van der Waals surface area contributed by atoms with E-state index in [1.807, 2.05) is 24.3 Å². The smallest absolute Gasteiger partial charge is 0.111 e. The summed E-state index contributed by atoms with van der Waals surface area (Å²) in [4.78, 5) is 12.2. The summed E-state index contributed by atoms with van der Waals surface area (Å²) in [6.07, 6.45) is 0.776. The van der Waals surface area contributed by atoms with E-state index in [0.717, 1.165) is 55.5 Å². The van der Waals surface area contributed by atoms with Crippen LogP contribution >= 0.6 is 0 Å². The molecule has 116 valence electrons. The molecule has 0 radical (unpaired) electrons. The van der Waals surface area contributed by atoms with Gasteiger partial charge in [0.05, 0.1) is 17.1 Å². The molecule has 2 aromatic carbocycles. The second kappa shape index (κ2) is 6.34. The zero-order valence-electron chi connectivity index (χ0n) is 13.1. The summed E-state index contributed by atoms with van der Waals surface area (Å²) in [5, 5.41) is 3.40. The highest BCUT2D eigenvalue weighted by molar-refractivity contribution is 6.14. The highest BCUT2D eigenvalue weighted by Gasteiger charge is 2.20. The van der Waals surface area contributed by atoms with Crippen LogP contribution in [0, 0.1) is 0 Å². The van der Waals surface area contributed by atoms with Gasteiger partial charge in [-0.05, 0) is 17.7 Å². The Bertz CT molecular complexity index is 743. The van der Waals surface area contributed by atoms with E-state index in [1.165, 1.54) is 5.56 Å². The first-order valence-corrected chi connectivity index (χ1v) is 8.15. The van der Waals surface area contributed by atoms with Crippen LogP contribution in [0.3, 0.4) is 0 Å². The molecule has 0 bridgehead atoms. The minimum absolute atomic E-state index is 0.776. The van der Waals surface area contributed by atoms with Crippen molar-refractivity contribution < 1.29 is 0 Å². The SMILES string of the molecule is c1ccc(C2=Nc3ccccc3N=C(N3CCNCC3)C2)cc1. The number of piperazine rings is 1. The number of nitrogens with one attached hydrogen (secondary N) is 1. The molecule has 4 heteroatoms. The van der Waals surface area contributed by atoms with E-state index in [0.29, 0.717) is 0 Å². The molecule has 0 spiro atoms. The number of hydrogen-bond acceptors (Lipinski definition) is 4. The molecule has 2 aliphatic heterocycles. The molecule has 0 aromatic heterocycles. The number of fused-ring (bicyclic) bond motifs is 1. The number of nitrogens with zero attached hydrogens (tertiary/aromatic N) is 3. The lowest BCUT2D eigenvalue weighted by Crippen LogP contribution is -2.46. The van der Waals surface area contributed by atoms with E-state index in [2.05, 4.69) is 40.5 Å². The summed E-state index contributed by atoms with van der Waals surface area (Å²) in [7, 11) is 0. The van der Waals surface area contributed by atoms with Gasteiger partial charge in [0, 0.05) is 32.6 Å². The van der Waals surface area contributed by atoms with Gasteiger partial charge in [-0.15, -0.1) is 0 Å². The van der Waals surface area contributed by atoms with Crippen LogP contribution in [0.25, 0.3) is 0 Å². The fourth-order valence-corrected chi connectivity index (χ4v) is 3.07. The summed E-state index contributed by atoms with van der Waals surface area (Å²) < 4.78 is 0. The molecule has 0 aliphatic carbocycles. The third-order valence-corrected chi connectivity index (χ3v) is 4.30. The summed E-state index contributed by atoms with van der Waals surface area (Å²) in [6.45, 7) is 4.03. The standard InChI is InChI=1S/C19H20N4/c1-2-6-15(7-3-1)18-14-19(23-12-10-20-11-13-23)22-17-9-5-4-8-16(17)21-18/h1-9,20H,10-14H2. The van der Waals surface area contributed by atoms with Gasteiger partial charge in [-0.1, -0.05) is 42.5 Å². The Morgan fingerprint density at radius 1 is 0.783 bits per heavy atom. The molecular weight excluding hydrogens is 284 g/mol. The number of para-hydroxylation sites is 2. The van der Waals surface area contributed by atoms with Gasteiger partial charge in [0.15, 0.2) is 0 Å². The zero-order valence-corrected chi connectivity index (χ0v) is 13.1. The Kier molecular flexibility index (Phi) is 3.90. The van der Waals surface area contributed by atoms with Crippen LogP contribution in [0.4, 0.5) is 11.4 Å². The molecule has 2 heterocycles. The lowest BCUT2D eigenvalue weighted by molar-refractivity contribution is 0.354. The van der Waals surface area contributed by atoms with Gasteiger partial charge < -0.3 is 10.2 Å². The maximum Gasteiger partial charge on any atom is 0.111 e. The molecule has 2 aromatic rings. The maximum atomic E-state index is 4.94. The summed E-state index contributed by atoms with van der Waals surface area (Å²) >= 11 is 0. The van der Waals surface area contributed by atoms with Crippen molar-refractivity contribution in [2.45, 2.75) is 6.42 Å². The Labute approximate surface area is 136 Å².